The van der Waals surface area contributed by atoms with Gasteiger partial charge in [0.15, 0.2) is 0 Å². The number of nitrogens with two attached hydrogens (primary N) is 1. The average molecular weight is 260 g/mol. The number of nitrogens with one attached hydrogen (secondary N) is 1. The maximum Gasteiger partial charge on any atom is 0.0672 e. The zero-order valence-electron chi connectivity index (χ0n) is 11.2. The Labute approximate surface area is 112 Å². The first-order chi connectivity index (χ1) is 9.28. The number of ether oxygens (including phenoxy) is 1. The van der Waals surface area contributed by atoms with Gasteiger partial charge >= 0.3 is 0 Å². The number of nitrogens with zero attached hydrogens (tertiary/aromatic N) is 2. The van der Waals surface area contributed by atoms with E-state index in [4.69, 9.17) is 10.5 Å². The van der Waals surface area contributed by atoms with E-state index >= 15 is 0 Å². The minimum atomic E-state index is 0.593. The van der Waals surface area contributed by atoms with Crippen LogP contribution < -0.4 is 10.6 Å². The molecule has 102 valence electrons. The first-order valence-electron chi connectivity index (χ1n) is 6.74. The molecule has 0 bridgehead atoms. The Morgan fingerprint density at radius 2 is 2.42 bits per heavy atom. The summed E-state index contributed by atoms with van der Waals surface area (Å²) in [5, 5.41) is 8.12. The van der Waals surface area contributed by atoms with E-state index in [2.05, 4.69) is 21.2 Å². The molecule has 1 unspecified atom stereocenters. The summed E-state index contributed by atoms with van der Waals surface area (Å²) >= 11 is 0. The quantitative estimate of drug-likeness (QED) is 0.828. The molecule has 2 heterocycles. The molecule has 0 radical (unpaired) electrons. The third kappa shape index (κ3) is 2.38. The summed E-state index contributed by atoms with van der Waals surface area (Å²) in [7, 11) is 1.77. The summed E-state index contributed by atoms with van der Waals surface area (Å²) in [6.45, 7) is 2.89. The number of hydrogen-bond donors (Lipinski definition) is 2. The SMILES string of the molecule is COCC1CCCN(c2cc3[nH]ncc3cc2N)C1. The lowest BCUT2D eigenvalue weighted by Crippen LogP contribution is -2.37. The molecule has 5 heteroatoms. The zero-order chi connectivity index (χ0) is 13.2. The van der Waals surface area contributed by atoms with Gasteiger partial charge in [-0.3, -0.25) is 5.10 Å². The normalized spacial score (nSPS) is 20.1. The van der Waals surface area contributed by atoms with Crippen LogP contribution in [0.15, 0.2) is 18.3 Å². The van der Waals surface area contributed by atoms with E-state index in [0.717, 1.165) is 42.0 Å². The monoisotopic (exact) mass is 260 g/mol. The van der Waals surface area contributed by atoms with Crippen molar-refractivity contribution in [3.8, 4) is 0 Å². The van der Waals surface area contributed by atoms with E-state index in [1.54, 1.807) is 13.3 Å². The van der Waals surface area contributed by atoms with E-state index in [1.165, 1.54) is 12.8 Å². The van der Waals surface area contributed by atoms with Gasteiger partial charge in [-0.25, -0.2) is 0 Å². The number of H-pyrrole nitrogens is 1. The summed E-state index contributed by atoms with van der Waals surface area (Å²) in [5.41, 5.74) is 9.16. The fraction of sp³-hybridized carbons (Fsp3) is 0.500. The Balaban J connectivity index is 1.87. The highest BCUT2D eigenvalue weighted by Gasteiger charge is 2.21. The van der Waals surface area contributed by atoms with Crippen LogP contribution in [0, 0.1) is 5.92 Å². The molecule has 2 aromatic rings. The molecule has 1 saturated heterocycles. The van der Waals surface area contributed by atoms with Crippen molar-refractivity contribution in [1.82, 2.24) is 10.2 Å². The Kier molecular flexibility index (Phi) is 3.29. The van der Waals surface area contributed by atoms with Crippen molar-refractivity contribution in [3.05, 3.63) is 18.3 Å². The molecule has 0 aliphatic carbocycles. The molecule has 3 N–H and O–H groups in total. The van der Waals surface area contributed by atoms with E-state index in [0.29, 0.717) is 5.92 Å². The number of fused-ring (bicyclic) bond motifs is 1. The van der Waals surface area contributed by atoms with Crippen molar-refractivity contribution in [3.63, 3.8) is 0 Å². The molecule has 5 nitrogen and oxygen atoms in total. The van der Waals surface area contributed by atoms with Crippen molar-refractivity contribution >= 4 is 22.3 Å². The van der Waals surface area contributed by atoms with Gasteiger partial charge in [0, 0.05) is 25.6 Å². The van der Waals surface area contributed by atoms with Gasteiger partial charge in [0.25, 0.3) is 0 Å². The van der Waals surface area contributed by atoms with Crippen molar-refractivity contribution in [2.75, 3.05) is 37.4 Å². The molecule has 1 atom stereocenters. The van der Waals surface area contributed by atoms with Crippen LogP contribution in [0.25, 0.3) is 10.9 Å². The second-order valence-corrected chi connectivity index (χ2v) is 5.28. The summed E-state index contributed by atoms with van der Waals surface area (Å²) in [5.74, 6) is 0.593. The van der Waals surface area contributed by atoms with Gasteiger partial charge in [-0.2, -0.15) is 5.10 Å². The summed E-state index contributed by atoms with van der Waals surface area (Å²) < 4.78 is 5.28. The predicted molar refractivity (Wildman–Crippen MR) is 77.3 cm³/mol. The standard InChI is InChI=1S/C14H20N4O/c1-19-9-10-3-2-4-18(8-10)14-6-13-11(5-12(14)15)7-16-17-13/h5-7,10H,2-4,8-9,15H2,1H3,(H,16,17). The number of hydrogen-bond acceptors (Lipinski definition) is 4. The van der Waals surface area contributed by atoms with Gasteiger partial charge in [-0.15, -0.1) is 0 Å². The van der Waals surface area contributed by atoms with Gasteiger partial charge in [-0.05, 0) is 30.9 Å². The summed E-state index contributed by atoms with van der Waals surface area (Å²) in [6.07, 6.45) is 4.23. The van der Waals surface area contributed by atoms with E-state index in [1.807, 2.05) is 6.07 Å². The third-order valence-corrected chi connectivity index (χ3v) is 3.85. The van der Waals surface area contributed by atoms with Crippen LogP contribution in [0.3, 0.4) is 0 Å². The molecular weight excluding hydrogens is 240 g/mol. The highest BCUT2D eigenvalue weighted by Crippen LogP contribution is 2.31. The van der Waals surface area contributed by atoms with Gasteiger partial charge in [0.05, 0.1) is 29.7 Å². The van der Waals surface area contributed by atoms with Crippen molar-refractivity contribution in [2.45, 2.75) is 12.8 Å². The van der Waals surface area contributed by atoms with E-state index in [9.17, 15) is 0 Å². The number of benzene rings is 1. The maximum absolute atomic E-state index is 6.18. The van der Waals surface area contributed by atoms with Crippen LogP contribution in [0.5, 0.6) is 0 Å². The van der Waals surface area contributed by atoms with E-state index in [-0.39, 0.29) is 0 Å². The number of anilines is 2. The molecule has 1 fully saturated rings. The van der Waals surface area contributed by atoms with Gasteiger partial charge in [-0.1, -0.05) is 0 Å². The lowest BCUT2D eigenvalue weighted by molar-refractivity contribution is 0.143. The second-order valence-electron chi connectivity index (χ2n) is 5.28. The lowest BCUT2D eigenvalue weighted by Gasteiger charge is -2.34. The van der Waals surface area contributed by atoms with Crippen LogP contribution >= 0.6 is 0 Å². The van der Waals surface area contributed by atoms with Crippen LogP contribution in [-0.2, 0) is 4.74 Å². The molecule has 1 aromatic carbocycles. The highest BCUT2D eigenvalue weighted by molar-refractivity contribution is 5.88. The van der Waals surface area contributed by atoms with Crippen LogP contribution in [0.4, 0.5) is 11.4 Å². The second kappa shape index (κ2) is 5.09. The molecule has 0 amide bonds. The number of aromatic nitrogens is 2. The Morgan fingerprint density at radius 3 is 3.26 bits per heavy atom. The minimum Gasteiger partial charge on any atom is -0.397 e. The van der Waals surface area contributed by atoms with Gasteiger partial charge < -0.3 is 15.4 Å². The van der Waals surface area contributed by atoms with Crippen molar-refractivity contribution in [2.24, 2.45) is 5.92 Å². The Bertz CT molecular complexity index is 564. The Hall–Kier alpha value is -1.75. The molecule has 1 aromatic heterocycles. The summed E-state index contributed by atoms with van der Waals surface area (Å²) in [4.78, 5) is 2.36. The van der Waals surface area contributed by atoms with Crippen LogP contribution in [0.1, 0.15) is 12.8 Å². The average Bonchev–Trinajstić information content (AvgIpc) is 2.85. The molecule has 1 aliphatic heterocycles. The van der Waals surface area contributed by atoms with Crippen LogP contribution in [0.2, 0.25) is 0 Å². The van der Waals surface area contributed by atoms with Crippen LogP contribution in [-0.4, -0.2) is 37.0 Å². The fourth-order valence-corrected chi connectivity index (χ4v) is 2.93. The smallest absolute Gasteiger partial charge is 0.0672 e. The topological polar surface area (TPSA) is 67.2 Å². The number of nitrogen functional groups attached to an aromatic ring is 1. The summed E-state index contributed by atoms with van der Waals surface area (Å²) in [6, 6.07) is 4.10. The first kappa shape index (κ1) is 12.3. The predicted octanol–water partition coefficient (Wildman–Crippen LogP) is 2.01. The zero-order valence-corrected chi connectivity index (χ0v) is 11.2. The molecule has 0 spiro atoms. The largest absolute Gasteiger partial charge is 0.397 e. The number of rotatable bonds is 3. The molecular formula is C14H20N4O. The molecule has 0 saturated carbocycles. The molecule has 19 heavy (non-hydrogen) atoms. The number of methoxy groups -OCH3 is 1. The highest BCUT2D eigenvalue weighted by atomic mass is 16.5. The lowest BCUT2D eigenvalue weighted by atomic mass is 9.98. The van der Waals surface area contributed by atoms with Crippen molar-refractivity contribution < 1.29 is 4.74 Å². The number of aromatic amines is 1. The van der Waals surface area contributed by atoms with Gasteiger partial charge in [0.1, 0.15) is 0 Å². The third-order valence-electron chi connectivity index (χ3n) is 3.85. The minimum absolute atomic E-state index is 0.593. The molecule has 1 aliphatic rings. The molecule has 3 rings (SSSR count). The number of piperidine rings is 1. The van der Waals surface area contributed by atoms with Gasteiger partial charge in [0.2, 0.25) is 0 Å². The Morgan fingerprint density at radius 1 is 1.53 bits per heavy atom. The first-order valence-corrected chi connectivity index (χ1v) is 6.74. The maximum atomic E-state index is 6.18. The van der Waals surface area contributed by atoms with Crippen molar-refractivity contribution in [1.29, 1.82) is 0 Å². The fourth-order valence-electron chi connectivity index (χ4n) is 2.93. The van der Waals surface area contributed by atoms with E-state index < -0.39 is 0 Å².